The van der Waals surface area contributed by atoms with Gasteiger partial charge >= 0.3 is 0 Å². The second-order valence-corrected chi connectivity index (χ2v) is 4.33. The highest BCUT2D eigenvalue weighted by molar-refractivity contribution is 5.83. The predicted octanol–water partition coefficient (Wildman–Crippen LogP) is 1.50. The zero-order valence-electron chi connectivity index (χ0n) is 9.28. The Kier molecular flexibility index (Phi) is 3.57. The van der Waals surface area contributed by atoms with Crippen molar-refractivity contribution in [3.05, 3.63) is 29.8 Å². The average molecular weight is 219 g/mol. The van der Waals surface area contributed by atoms with Gasteiger partial charge in [0.25, 0.3) is 0 Å². The van der Waals surface area contributed by atoms with E-state index in [1.165, 1.54) is 0 Å². The Morgan fingerprint density at radius 2 is 1.88 bits per heavy atom. The van der Waals surface area contributed by atoms with Gasteiger partial charge in [-0.3, -0.25) is 4.79 Å². The number of phenolic OH excluding ortho intramolecular Hbond substituents is 1. The number of nitrogens with one attached hydrogen (secondary N) is 1. The zero-order valence-corrected chi connectivity index (χ0v) is 9.28. The van der Waals surface area contributed by atoms with Crippen molar-refractivity contribution in [2.75, 3.05) is 13.1 Å². The zero-order chi connectivity index (χ0) is 11.4. The first kappa shape index (κ1) is 11.1. The van der Waals surface area contributed by atoms with Crippen molar-refractivity contribution < 1.29 is 9.90 Å². The van der Waals surface area contributed by atoms with Crippen LogP contribution in [-0.2, 0) is 11.2 Å². The van der Waals surface area contributed by atoms with Gasteiger partial charge in [0.2, 0.25) is 0 Å². The highest BCUT2D eigenvalue weighted by Crippen LogP contribution is 2.17. The van der Waals surface area contributed by atoms with E-state index < -0.39 is 0 Å². The Morgan fingerprint density at radius 1 is 1.25 bits per heavy atom. The molecule has 0 saturated carbocycles. The molecule has 0 spiro atoms. The summed E-state index contributed by atoms with van der Waals surface area (Å²) in [5, 5.41) is 12.4. The highest BCUT2D eigenvalue weighted by Gasteiger charge is 2.20. The van der Waals surface area contributed by atoms with Crippen molar-refractivity contribution in [2.24, 2.45) is 5.92 Å². The van der Waals surface area contributed by atoms with Gasteiger partial charge in [-0.15, -0.1) is 0 Å². The number of rotatable bonds is 3. The van der Waals surface area contributed by atoms with Crippen molar-refractivity contribution >= 4 is 5.78 Å². The van der Waals surface area contributed by atoms with Gasteiger partial charge in [-0.25, -0.2) is 0 Å². The maximum Gasteiger partial charge on any atom is 0.140 e. The molecule has 2 N–H and O–H groups in total. The Bertz CT molecular complexity index is 353. The van der Waals surface area contributed by atoms with Crippen molar-refractivity contribution in [3.8, 4) is 5.75 Å². The molecule has 1 aromatic rings. The first-order chi connectivity index (χ1) is 7.75. The summed E-state index contributed by atoms with van der Waals surface area (Å²) >= 11 is 0. The fourth-order valence-corrected chi connectivity index (χ4v) is 2.10. The monoisotopic (exact) mass is 219 g/mol. The van der Waals surface area contributed by atoms with Gasteiger partial charge in [0.1, 0.15) is 11.5 Å². The van der Waals surface area contributed by atoms with Crippen molar-refractivity contribution in [1.29, 1.82) is 0 Å². The summed E-state index contributed by atoms with van der Waals surface area (Å²) in [5.74, 6) is 0.792. The minimum Gasteiger partial charge on any atom is -0.508 e. The molecule has 0 atom stereocenters. The third-order valence-electron chi connectivity index (χ3n) is 3.11. The minimum atomic E-state index is 0.218. The maximum atomic E-state index is 12.0. The van der Waals surface area contributed by atoms with Gasteiger partial charge in [-0.2, -0.15) is 0 Å². The van der Waals surface area contributed by atoms with Crippen LogP contribution in [-0.4, -0.2) is 24.0 Å². The summed E-state index contributed by atoms with van der Waals surface area (Å²) in [7, 11) is 0. The van der Waals surface area contributed by atoms with Crippen LogP contribution in [0.3, 0.4) is 0 Å². The van der Waals surface area contributed by atoms with E-state index in [9.17, 15) is 4.79 Å². The van der Waals surface area contributed by atoms with Crippen molar-refractivity contribution in [1.82, 2.24) is 5.32 Å². The molecular formula is C13H17NO2. The molecule has 2 rings (SSSR count). The van der Waals surface area contributed by atoms with Gasteiger partial charge in [0.15, 0.2) is 0 Å². The molecule has 0 aromatic heterocycles. The topological polar surface area (TPSA) is 49.3 Å². The number of piperidine rings is 1. The highest BCUT2D eigenvalue weighted by atomic mass is 16.3. The molecule has 1 fully saturated rings. The molecule has 1 saturated heterocycles. The van der Waals surface area contributed by atoms with E-state index in [0.717, 1.165) is 31.5 Å². The van der Waals surface area contributed by atoms with Crippen LogP contribution in [0.25, 0.3) is 0 Å². The Hall–Kier alpha value is -1.35. The third-order valence-corrected chi connectivity index (χ3v) is 3.11. The number of carbonyl (C=O) groups is 1. The summed E-state index contributed by atoms with van der Waals surface area (Å²) in [6.45, 7) is 1.90. The molecule has 16 heavy (non-hydrogen) atoms. The lowest BCUT2D eigenvalue weighted by Gasteiger charge is -2.21. The second-order valence-electron chi connectivity index (χ2n) is 4.33. The molecular weight excluding hydrogens is 202 g/mol. The lowest BCUT2D eigenvalue weighted by atomic mass is 9.90. The number of ketones is 1. The molecule has 0 aliphatic carbocycles. The summed E-state index contributed by atoms with van der Waals surface area (Å²) in [5.41, 5.74) is 0.987. The van der Waals surface area contributed by atoms with Crippen LogP contribution in [0.15, 0.2) is 24.3 Å². The van der Waals surface area contributed by atoms with E-state index in [2.05, 4.69) is 5.32 Å². The quantitative estimate of drug-likeness (QED) is 0.810. The molecule has 0 bridgehead atoms. The van der Waals surface area contributed by atoms with Crippen molar-refractivity contribution in [3.63, 3.8) is 0 Å². The van der Waals surface area contributed by atoms with Gasteiger partial charge in [0, 0.05) is 12.3 Å². The lowest BCUT2D eigenvalue weighted by molar-refractivity contribution is -0.122. The summed E-state index contributed by atoms with van der Waals surface area (Å²) < 4.78 is 0. The van der Waals surface area contributed by atoms with E-state index >= 15 is 0 Å². The van der Waals surface area contributed by atoms with Crippen molar-refractivity contribution in [2.45, 2.75) is 19.3 Å². The van der Waals surface area contributed by atoms with E-state index in [0.29, 0.717) is 12.2 Å². The van der Waals surface area contributed by atoms with E-state index in [4.69, 9.17) is 5.11 Å². The number of benzene rings is 1. The standard InChI is InChI=1S/C13H17NO2/c15-12-3-1-10(2-4-12)9-13(16)11-5-7-14-8-6-11/h1-4,11,14-15H,5-9H2. The number of hydrogen-bond donors (Lipinski definition) is 2. The molecule has 0 amide bonds. The smallest absolute Gasteiger partial charge is 0.140 e. The number of Topliss-reactive ketones (excluding diaryl/α,β-unsaturated/α-hetero) is 1. The Morgan fingerprint density at radius 3 is 2.50 bits per heavy atom. The lowest BCUT2D eigenvalue weighted by Crippen LogP contribution is -2.32. The number of phenols is 1. The fraction of sp³-hybridized carbons (Fsp3) is 0.462. The van der Waals surface area contributed by atoms with E-state index in [1.807, 2.05) is 12.1 Å². The molecule has 1 aromatic carbocycles. The second kappa shape index (κ2) is 5.12. The SMILES string of the molecule is O=C(Cc1ccc(O)cc1)C1CCNCC1. The third kappa shape index (κ3) is 2.83. The van der Waals surface area contributed by atoms with Crippen LogP contribution in [0.5, 0.6) is 5.75 Å². The summed E-state index contributed by atoms with van der Waals surface area (Å²) in [6, 6.07) is 6.89. The van der Waals surface area contributed by atoms with E-state index in [-0.39, 0.29) is 11.7 Å². The van der Waals surface area contributed by atoms with Gasteiger partial charge < -0.3 is 10.4 Å². The molecule has 3 heteroatoms. The Balaban J connectivity index is 1.93. The number of hydrogen-bond acceptors (Lipinski definition) is 3. The molecule has 0 radical (unpaired) electrons. The molecule has 3 nitrogen and oxygen atoms in total. The fourth-order valence-electron chi connectivity index (χ4n) is 2.10. The summed E-state index contributed by atoms with van der Waals surface area (Å²) in [6.07, 6.45) is 2.40. The molecule has 1 aliphatic heterocycles. The summed E-state index contributed by atoms with van der Waals surface area (Å²) in [4.78, 5) is 12.0. The van der Waals surface area contributed by atoms with Crippen LogP contribution < -0.4 is 5.32 Å². The molecule has 1 heterocycles. The van der Waals surface area contributed by atoms with Gasteiger partial charge in [-0.1, -0.05) is 12.1 Å². The first-order valence-corrected chi connectivity index (χ1v) is 5.77. The Labute approximate surface area is 95.5 Å². The van der Waals surface area contributed by atoms with Gasteiger partial charge in [0.05, 0.1) is 0 Å². The van der Waals surface area contributed by atoms with E-state index in [1.54, 1.807) is 12.1 Å². The van der Waals surface area contributed by atoms with Crippen LogP contribution in [0.2, 0.25) is 0 Å². The molecule has 1 aliphatic rings. The van der Waals surface area contributed by atoms with Crippen LogP contribution >= 0.6 is 0 Å². The minimum absolute atomic E-state index is 0.218. The predicted molar refractivity (Wildman–Crippen MR) is 62.4 cm³/mol. The largest absolute Gasteiger partial charge is 0.508 e. The van der Waals surface area contributed by atoms with Crippen LogP contribution in [0.1, 0.15) is 18.4 Å². The molecule has 0 unspecified atom stereocenters. The first-order valence-electron chi connectivity index (χ1n) is 5.77. The molecule has 86 valence electrons. The average Bonchev–Trinajstić information content (AvgIpc) is 2.33. The maximum absolute atomic E-state index is 12.0. The van der Waals surface area contributed by atoms with Crippen LogP contribution in [0, 0.1) is 5.92 Å². The number of aromatic hydroxyl groups is 1. The number of carbonyl (C=O) groups excluding carboxylic acids is 1. The van der Waals surface area contributed by atoms with Crippen LogP contribution in [0.4, 0.5) is 0 Å². The van der Waals surface area contributed by atoms with Gasteiger partial charge in [-0.05, 0) is 43.6 Å². The normalized spacial score (nSPS) is 17.2.